The van der Waals surface area contributed by atoms with Crippen LogP contribution in [-0.4, -0.2) is 61.0 Å². The summed E-state index contributed by atoms with van der Waals surface area (Å²) in [4.78, 5) is 33.3. The smallest absolute Gasteiger partial charge is 0.256 e. The SMILES string of the molecule is Cc1ncccc1C(=O)N1CCn2c(nnc2C2CCN(C(=O)CC(C)C)CC2)C1. The van der Waals surface area contributed by atoms with Gasteiger partial charge in [0.15, 0.2) is 5.82 Å². The van der Waals surface area contributed by atoms with E-state index < -0.39 is 0 Å². The molecule has 8 nitrogen and oxygen atoms in total. The van der Waals surface area contributed by atoms with Crippen LogP contribution < -0.4 is 0 Å². The zero-order valence-corrected chi connectivity index (χ0v) is 18.0. The van der Waals surface area contributed by atoms with E-state index in [-0.39, 0.29) is 11.8 Å². The Hall–Kier alpha value is -2.77. The number of carbonyl (C=O) groups excluding carboxylic acids is 2. The molecule has 1 saturated heterocycles. The highest BCUT2D eigenvalue weighted by atomic mass is 16.2. The first-order valence-corrected chi connectivity index (χ1v) is 10.8. The lowest BCUT2D eigenvalue weighted by atomic mass is 9.95. The number of aryl methyl sites for hydroxylation is 1. The highest BCUT2D eigenvalue weighted by Crippen LogP contribution is 2.29. The van der Waals surface area contributed by atoms with Crippen molar-refractivity contribution < 1.29 is 9.59 Å². The summed E-state index contributed by atoms with van der Waals surface area (Å²) in [5, 5.41) is 8.88. The third kappa shape index (κ3) is 4.08. The fraction of sp³-hybridized carbons (Fsp3) is 0.591. The van der Waals surface area contributed by atoms with Gasteiger partial charge < -0.3 is 14.4 Å². The van der Waals surface area contributed by atoms with Crippen molar-refractivity contribution in [2.24, 2.45) is 5.92 Å². The van der Waals surface area contributed by atoms with E-state index >= 15 is 0 Å². The maximum atomic E-state index is 12.9. The minimum absolute atomic E-state index is 0.00614. The molecule has 1 fully saturated rings. The van der Waals surface area contributed by atoms with Crippen LogP contribution in [0.3, 0.4) is 0 Å². The fourth-order valence-electron chi connectivity index (χ4n) is 4.40. The summed E-state index contributed by atoms with van der Waals surface area (Å²) in [7, 11) is 0. The van der Waals surface area contributed by atoms with Crippen molar-refractivity contribution in [1.82, 2.24) is 29.5 Å². The number of aromatic nitrogens is 4. The molecule has 0 saturated carbocycles. The molecule has 0 atom stereocenters. The molecule has 0 spiro atoms. The third-order valence-electron chi connectivity index (χ3n) is 6.10. The molecule has 0 unspecified atom stereocenters. The standard InChI is InChI=1S/C22H30N6O2/c1-15(2)13-20(29)26-9-6-17(7-10-26)21-25-24-19-14-27(11-12-28(19)21)22(30)18-5-4-8-23-16(18)3/h4-5,8,15,17H,6-7,9-14H2,1-3H3. The summed E-state index contributed by atoms with van der Waals surface area (Å²) in [5.41, 5.74) is 1.39. The Morgan fingerprint density at radius 3 is 2.57 bits per heavy atom. The van der Waals surface area contributed by atoms with E-state index in [4.69, 9.17) is 0 Å². The number of fused-ring (bicyclic) bond motifs is 1. The van der Waals surface area contributed by atoms with Gasteiger partial charge in [-0.05, 0) is 37.8 Å². The lowest BCUT2D eigenvalue weighted by molar-refractivity contribution is -0.133. The lowest BCUT2D eigenvalue weighted by Gasteiger charge is -2.33. The number of hydrogen-bond donors (Lipinski definition) is 0. The van der Waals surface area contributed by atoms with Gasteiger partial charge in [0.2, 0.25) is 5.91 Å². The van der Waals surface area contributed by atoms with Crippen LogP contribution in [0.4, 0.5) is 0 Å². The highest BCUT2D eigenvalue weighted by molar-refractivity contribution is 5.95. The molecule has 8 heteroatoms. The van der Waals surface area contributed by atoms with Gasteiger partial charge in [-0.1, -0.05) is 13.8 Å². The number of carbonyl (C=O) groups is 2. The van der Waals surface area contributed by atoms with Crippen molar-refractivity contribution in [3.05, 3.63) is 41.2 Å². The second kappa shape index (κ2) is 8.53. The maximum Gasteiger partial charge on any atom is 0.256 e. The first kappa shape index (κ1) is 20.5. The molecule has 2 amide bonds. The molecule has 30 heavy (non-hydrogen) atoms. The first-order valence-electron chi connectivity index (χ1n) is 10.8. The van der Waals surface area contributed by atoms with Gasteiger partial charge in [0, 0.05) is 50.4 Å². The number of rotatable bonds is 4. The van der Waals surface area contributed by atoms with Crippen molar-refractivity contribution in [2.75, 3.05) is 19.6 Å². The van der Waals surface area contributed by atoms with Crippen molar-refractivity contribution in [3.63, 3.8) is 0 Å². The normalized spacial score (nSPS) is 17.3. The van der Waals surface area contributed by atoms with Crippen LogP contribution in [-0.2, 0) is 17.9 Å². The van der Waals surface area contributed by atoms with Crippen LogP contribution >= 0.6 is 0 Å². The lowest BCUT2D eigenvalue weighted by Crippen LogP contribution is -2.41. The van der Waals surface area contributed by atoms with Crippen LogP contribution in [0.2, 0.25) is 0 Å². The molecule has 0 bridgehead atoms. The average Bonchev–Trinajstić information content (AvgIpc) is 3.16. The maximum absolute atomic E-state index is 12.9. The predicted octanol–water partition coefficient (Wildman–Crippen LogP) is 2.39. The van der Waals surface area contributed by atoms with Crippen LogP contribution in [0.5, 0.6) is 0 Å². The van der Waals surface area contributed by atoms with Crippen molar-refractivity contribution in [3.8, 4) is 0 Å². The van der Waals surface area contributed by atoms with Crippen LogP contribution in [0, 0.1) is 12.8 Å². The van der Waals surface area contributed by atoms with E-state index in [2.05, 4.69) is 33.6 Å². The number of amides is 2. The summed E-state index contributed by atoms with van der Waals surface area (Å²) >= 11 is 0. The Kier molecular flexibility index (Phi) is 5.83. The first-order chi connectivity index (χ1) is 14.4. The topological polar surface area (TPSA) is 84.2 Å². The molecule has 0 aromatic carbocycles. The van der Waals surface area contributed by atoms with Gasteiger partial charge in [0.05, 0.1) is 12.1 Å². The third-order valence-corrected chi connectivity index (χ3v) is 6.10. The molecule has 4 rings (SSSR count). The average molecular weight is 411 g/mol. The Morgan fingerprint density at radius 2 is 1.87 bits per heavy atom. The molecule has 0 aliphatic carbocycles. The van der Waals surface area contributed by atoms with E-state index in [1.165, 1.54) is 0 Å². The second-order valence-electron chi connectivity index (χ2n) is 8.74. The summed E-state index contributed by atoms with van der Waals surface area (Å²) in [5.74, 6) is 2.80. The van der Waals surface area contributed by atoms with Crippen molar-refractivity contribution in [2.45, 2.75) is 59.0 Å². The largest absolute Gasteiger partial charge is 0.343 e. The molecule has 0 radical (unpaired) electrons. The van der Waals surface area contributed by atoms with Gasteiger partial charge >= 0.3 is 0 Å². The van der Waals surface area contributed by atoms with E-state index in [9.17, 15) is 9.59 Å². The summed E-state index contributed by atoms with van der Waals surface area (Å²) in [6.45, 7) is 9.38. The molecular formula is C22H30N6O2. The van der Waals surface area contributed by atoms with Crippen molar-refractivity contribution >= 4 is 11.8 Å². The van der Waals surface area contributed by atoms with E-state index in [0.29, 0.717) is 43.5 Å². The van der Waals surface area contributed by atoms with Crippen LogP contribution in [0.25, 0.3) is 0 Å². The van der Waals surface area contributed by atoms with Crippen LogP contribution in [0.1, 0.15) is 66.7 Å². The van der Waals surface area contributed by atoms with Crippen molar-refractivity contribution in [1.29, 1.82) is 0 Å². The van der Waals surface area contributed by atoms with E-state index in [1.54, 1.807) is 12.3 Å². The Labute approximate surface area is 177 Å². The van der Waals surface area contributed by atoms with Gasteiger partial charge in [-0.25, -0.2) is 0 Å². The fourth-order valence-corrected chi connectivity index (χ4v) is 4.40. The molecule has 0 N–H and O–H groups in total. The Morgan fingerprint density at radius 1 is 1.10 bits per heavy atom. The molecule has 2 aliphatic rings. The van der Waals surface area contributed by atoms with Crippen LogP contribution in [0.15, 0.2) is 18.3 Å². The molecule has 2 aliphatic heterocycles. The molecule has 160 valence electrons. The summed E-state index contributed by atoms with van der Waals surface area (Å²) in [6.07, 6.45) is 4.15. The monoisotopic (exact) mass is 410 g/mol. The molecular weight excluding hydrogens is 380 g/mol. The molecule has 4 heterocycles. The number of nitrogens with zero attached hydrogens (tertiary/aromatic N) is 6. The summed E-state index contributed by atoms with van der Waals surface area (Å²) in [6, 6.07) is 3.62. The minimum atomic E-state index is -0.00614. The molecule has 2 aromatic heterocycles. The molecule has 2 aromatic rings. The van der Waals surface area contributed by atoms with Gasteiger partial charge in [-0.2, -0.15) is 0 Å². The van der Waals surface area contributed by atoms with Gasteiger partial charge in [0.25, 0.3) is 5.91 Å². The number of pyridine rings is 1. The zero-order chi connectivity index (χ0) is 21.3. The van der Waals surface area contributed by atoms with Gasteiger partial charge in [-0.15, -0.1) is 10.2 Å². The predicted molar refractivity (Wildman–Crippen MR) is 112 cm³/mol. The van der Waals surface area contributed by atoms with Gasteiger partial charge in [0.1, 0.15) is 5.82 Å². The minimum Gasteiger partial charge on any atom is -0.343 e. The highest BCUT2D eigenvalue weighted by Gasteiger charge is 2.31. The number of likely N-dealkylation sites (tertiary alicyclic amines) is 1. The van der Waals surface area contributed by atoms with E-state index in [0.717, 1.165) is 43.3 Å². The number of piperidine rings is 1. The second-order valence-corrected chi connectivity index (χ2v) is 8.74. The zero-order valence-electron chi connectivity index (χ0n) is 18.0. The number of hydrogen-bond acceptors (Lipinski definition) is 5. The van der Waals surface area contributed by atoms with Gasteiger partial charge in [-0.3, -0.25) is 14.6 Å². The Bertz CT molecular complexity index is 929. The van der Waals surface area contributed by atoms with E-state index in [1.807, 2.05) is 22.8 Å². The summed E-state index contributed by atoms with van der Waals surface area (Å²) < 4.78 is 2.18. The Balaban J connectivity index is 1.40. The quantitative estimate of drug-likeness (QED) is 0.773.